The number of fused-ring (bicyclic) bond motifs is 1. The molecule has 2 aromatic heterocycles. The van der Waals surface area contributed by atoms with Crippen LogP contribution in [0.3, 0.4) is 0 Å². The number of hydrogen-bond donors (Lipinski definition) is 0. The Bertz CT molecular complexity index is 877. The predicted octanol–water partition coefficient (Wildman–Crippen LogP) is 5.14. The molecule has 0 atom stereocenters. The summed E-state index contributed by atoms with van der Waals surface area (Å²) >= 11 is 9.44. The molecule has 0 unspecified atom stereocenters. The van der Waals surface area contributed by atoms with E-state index in [0.29, 0.717) is 0 Å². The van der Waals surface area contributed by atoms with Gasteiger partial charge in [-0.1, -0.05) is 35.5 Å². The molecule has 0 saturated carbocycles. The summed E-state index contributed by atoms with van der Waals surface area (Å²) in [5.74, 6) is 0. The van der Waals surface area contributed by atoms with Crippen LogP contribution in [0.2, 0.25) is 5.02 Å². The summed E-state index contributed by atoms with van der Waals surface area (Å²) in [6, 6.07) is 12.5. The standard InChI is InChI=1S/C19H18ClN3S2/c1-24-19-21-10-14-11-23(9-8-17(14)22-19)12-16-6-7-18(25-16)13-2-4-15(20)5-3-13/h2-7,10H,8-9,11-12H2,1H3. The van der Waals surface area contributed by atoms with E-state index in [0.717, 1.165) is 36.2 Å². The summed E-state index contributed by atoms with van der Waals surface area (Å²) in [5.41, 5.74) is 3.70. The first-order valence-corrected chi connectivity index (χ1v) is 10.6. The van der Waals surface area contributed by atoms with E-state index in [4.69, 9.17) is 11.6 Å². The molecular formula is C19H18ClN3S2. The van der Waals surface area contributed by atoms with Gasteiger partial charge in [0, 0.05) is 52.6 Å². The first kappa shape index (κ1) is 17.0. The third-order valence-corrected chi connectivity index (χ3v) is 6.28. The SMILES string of the molecule is CSc1ncc2c(n1)CCN(Cc1ccc(-c3ccc(Cl)cc3)s1)C2. The van der Waals surface area contributed by atoms with Crippen molar-refractivity contribution in [2.45, 2.75) is 24.7 Å². The molecule has 3 nitrogen and oxygen atoms in total. The first-order valence-electron chi connectivity index (χ1n) is 8.17. The molecule has 0 amide bonds. The van der Waals surface area contributed by atoms with Crippen LogP contribution in [0.25, 0.3) is 10.4 Å². The maximum absolute atomic E-state index is 5.98. The van der Waals surface area contributed by atoms with E-state index in [9.17, 15) is 0 Å². The van der Waals surface area contributed by atoms with Gasteiger partial charge in [-0.3, -0.25) is 4.90 Å². The summed E-state index contributed by atoms with van der Waals surface area (Å²) < 4.78 is 0. The average Bonchev–Trinajstić information content (AvgIpc) is 3.10. The van der Waals surface area contributed by atoms with Crippen molar-refractivity contribution in [2.75, 3.05) is 12.8 Å². The second-order valence-electron chi connectivity index (χ2n) is 6.06. The highest BCUT2D eigenvalue weighted by atomic mass is 35.5. The maximum atomic E-state index is 5.98. The Labute approximate surface area is 161 Å². The molecule has 3 heterocycles. The van der Waals surface area contributed by atoms with Gasteiger partial charge in [0.05, 0.1) is 5.69 Å². The first-order chi connectivity index (χ1) is 12.2. The zero-order valence-electron chi connectivity index (χ0n) is 13.9. The van der Waals surface area contributed by atoms with E-state index in [-0.39, 0.29) is 0 Å². The molecule has 0 N–H and O–H groups in total. The van der Waals surface area contributed by atoms with Gasteiger partial charge in [0.2, 0.25) is 0 Å². The van der Waals surface area contributed by atoms with Gasteiger partial charge in [0.15, 0.2) is 5.16 Å². The van der Waals surface area contributed by atoms with Crippen LogP contribution in [0.5, 0.6) is 0 Å². The van der Waals surface area contributed by atoms with E-state index < -0.39 is 0 Å². The van der Waals surface area contributed by atoms with Crippen molar-refractivity contribution in [1.82, 2.24) is 14.9 Å². The molecular weight excluding hydrogens is 370 g/mol. The van der Waals surface area contributed by atoms with Crippen molar-refractivity contribution < 1.29 is 0 Å². The fourth-order valence-electron chi connectivity index (χ4n) is 3.04. The van der Waals surface area contributed by atoms with Crippen molar-refractivity contribution >= 4 is 34.7 Å². The molecule has 4 rings (SSSR count). The fourth-order valence-corrected chi connectivity index (χ4v) is 4.58. The van der Waals surface area contributed by atoms with Crippen molar-refractivity contribution in [2.24, 2.45) is 0 Å². The summed E-state index contributed by atoms with van der Waals surface area (Å²) in [7, 11) is 0. The highest BCUT2D eigenvalue weighted by Crippen LogP contribution is 2.30. The van der Waals surface area contributed by atoms with Crippen LogP contribution in [0.4, 0.5) is 0 Å². The van der Waals surface area contributed by atoms with E-state index in [1.165, 1.54) is 26.6 Å². The maximum Gasteiger partial charge on any atom is 0.187 e. The van der Waals surface area contributed by atoms with Crippen LogP contribution in [0.15, 0.2) is 47.8 Å². The zero-order chi connectivity index (χ0) is 17.2. The molecule has 0 spiro atoms. The highest BCUT2D eigenvalue weighted by molar-refractivity contribution is 7.98. The lowest BCUT2D eigenvalue weighted by Crippen LogP contribution is -2.30. The molecule has 0 radical (unpaired) electrons. The number of hydrogen-bond acceptors (Lipinski definition) is 5. The van der Waals surface area contributed by atoms with Crippen molar-refractivity contribution in [3.63, 3.8) is 0 Å². The fraction of sp³-hybridized carbons (Fsp3) is 0.263. The molecule has 1 aliphatic rings. The molecule has 128 valence electrons. The second-order valence-corrected chi connectivity index (χ2v) is 8.44. The lowest BCUT2D eigenvalue weighted by Gasteiger charge is -2.27. The summed E-state index contributed by atoms with van der Waals surface area (Å²) in [5, 5.41) is 1.65. The third-order valence-electron chi connectivity index (χ3n) is 4.34. The number of aromatic nitrogens is 2. The Morgan fingerprint density at radius 1 is 1.20 bits per heavy atom. The predicted molar refractivity (Wildman–Crippen MR) is 106 cm³/mol. The van der Waals surface area contributed by atoms with E-state index in [1.54, 1.807) is 11.8 Å². The summed E-state index contributed by atoms with van der Waals surface area (Å²) in [6.45, 7) is 2.95. The minimum Gasteiger partial charge on any atom is -0.293 e. The molecule has 1 aliphatic heterocycles. The molecule has 1 aromatic carbocycles. The number of rotatable bonds is 4. The van der Waals surface area contributed by atoms with Crippen LogP contribution < -0.4 is 0 Å². The molecule has 0 bridgehead atoms. The van der Waals surface area contributed by atoms with Gasteiger partial charge < -0.3 is 0 Å². The molecule has 6 heteroatoms. The van der Waals surface area contributed by atoms with Crippen molar-refractivity contribution in [3.8, 4) is 10.4 Å². The number of thiophene rings is 1. The number of halogens is 1. The number of nitrogens with zero attached hydrogens (tertiary/aromatic N) is 3. The van der Waals surface area contributed by atoms with E-state index in [1.807, 2.05) is 35.9 Å². The second kappa shape index (κ2) is 7.46. The smallest absolute Gasteiger partial charge is 0.187 e. The van der Waals surface area contributed by atoms with E-state index >= 15 is 0 Å². The third kappa shape index (κ3) is 3.90. The Morgan fingerprint density at radius 3 is 2.84 bits per heavy atom. The highest BCUT2D eigenvalue weighted by Gasteiger charge is 2.19. The molecule has 0 saturated heterocycles. The van der Waals surface area contributed by atoms with Gasteiger partial charge in [0.25, 0.3) is 0 Å². The van der Waals surface area contributed by atoms with Crippen LogP contribution in [-0.4, -0.2) is 27.7 Å². The Balaban J connectivity index is 1.45. The van der Waals surface area contributed by atoms with Crippen LogP contribution in [-0.2, 0) is 19.5 Å². The van der Waals surface area contributed by atoms with Gasteiger partial charge in [-0.15, -0.1) is 11.3 Å². The largest absolute Gasteiger partial charge is 0.293 e. The van der Waals surface area contributed by atoms with Crippen LogP contribution >= 0.6 is 34.7 Å². The lowest BCUT2D eigenvalue weighted by atomic mass is 10.1. The van der Waals surface area contributed by atoms with Gasteiger partial charge >= 0.3 is 0 Å². The molecule has 0 fully saturated rings. The molecule has 3 aromatic rings. The van der Waals surface area contributed by atoms with Crippen molar-refractivity contribution in [3.05, 3.63) is 63.8 Å². The summed E-state index contributed by atoms with van der Waals surface area (Å²) in [6.07, 6.45) is 5.01. The lowest BCUT2D eigenvalue weighted by molar-refractivity contribution is 0.244. The number of benzene rings is 1. The van der Waals surface area contributed by atoms with Gasteiger partial charge in [0.1, 0.15) is 0 Å². The minimum atomic E-state index is 0.777. The normalized spacial score (nSPS) is 14.5. The monoisotopic (exact) mass is 387 g/mol. The van der Waals surface area contributed by atoms with Crippen LogP contribution in [0, 0.1) is 0 Å². The Kier molecular flexibility index (Phi) is 5.08. The van der Waals surface area contributed by atoms with Gasteiger partial charge in [-0.25, -0.2) is 9.97 Å². The Morgan fingerprint density at radius 2 is 2.04 bits per heavy atom. The average molecular weight is 388 g/mol. The quantitative estimate of drug-likeness (QED) is 0.458. The minimum absolute atomic E-state index is 0.777. The van der Waals surface area contributed by atoms with Gasteiger partial charge in [-0.05, 0) is 36.1 Å². The number of thioether (sulfide) groups is 1. The molecule has 0 aliphatic carbocycles. The topological polar surface area (TPSA) is 29.0 Å². The zero-order valence-corrected chi connectivity index (χ0v) is 16.3. The summed E-state index contributed by atoms with van der Waals surface area (Å²) in [4.78, 5) is 14.2. The van der Waals surface area contributed by atoms with E-state index in [2.05, 4.69) is 39.1 Å². The van der Waals surface area contributed by atoms with Crippen LogP contribution in [0.1, 0.15) is 16.1 Å². The van der Waals surface area contributed by atoms with Crippen molar-refractivity contribution in [1.29, 1.82) is 0 Å². The Hall–Kier alpha value is -1.40. The molecule has 25 heavy (non-hydrogen) atoms. The van der Waals surface area contributed by atoms with Gasteiger partial charge in [-0.2, -0.15) is 0 Å².